The van der Waals surface area contributed by atoms with Gasteiger partial charge in [0, 0.05) is 17.2 Å². The normalized spacial score (nSPS) is 11.0. The minimum absolute atomic E-state index is 0.227. The van der Waals surface area contributed by atoms with Gasteiger partial charge in [0.05, 0.1) is 5.54 Å². The van der Waals surface area contributed by atoms with Crippen LogP contribution in [0.15, 0.2) is 28.7 Å². The van der Waals surface area contributed by atoms with Gasteiger partial charge >= 0.3 is 0 Å². The Labute approximate surface area is 105 Å². The predicted octanol–water partition coefficient (Wildman–Crippen LogP) is 2.84. The molecule has 0 radical (unpaired) electrons. The maximum atomic E-state index is 10.2. The van der Waals surface area contributed by atoms with Crippen LogP contribution in [0.25, 0.3) is 0 Å². The highest BCUT2D eigenvalue weighted by Gasteiger charge is 2.24. The molecule has 0 unspecified atom stereocenters. The van der Waals surface area contributed by atoms with E-state index < -0.39 is 0 Å². The zero-order valence-corrected chi connectivity index (χ0v) is 11.3. The van der Waals surface area contributed by atoms with Gasteiger partial charge in [0.25, 0.3) is 6.47 Å². The largest absolute Gasteiger partial charge is 0.465 e. The van der Waals surface area contributed by atoms with Crippen LogP contribution >= 0.6 is 15.9 Å². The summed E-state index contributed by atoms with van der Waals surface area (Å²) in [6.07, 6.45) is 0. The second-order valence-corrected chi connectivity index (χ2v) is 5.17. The van der Waals surface area contributed by atoms with E-state index in [1.54, 1.807) is 0 Å². The Morgan fingerprint density at radius 1 is 1.38 bits per heavy atom. The quantitative estimate of drug-likeness (QED) is 0.779. The number of nitrogens with zero attached hydrogens (tertiary/aromatic N) is 1. The minimum atomic E-state index is -0.227. The van der Waals surface area contributed by atoms with Crippen molar-refractivity contribution in [1.29, 1.82) is 0 Å². The van der Waals surface area contributed by atoms with E-state index in [0.717, 1.165) is 10.2 Å². The van der Waals surface area contributed by atoms with Crippen LogP contribution in [0.4, 0.5) is 5.69 Å². The summed E-state index contributed by atoms with van der Waals surface area (Å²) in [6, 6.07) is 8.02. The first-order chi connectivity index (χ1) is 7.47. The molecule has 0 aliphatic heterocycles. The number of carbonyl (C=O) groups excluding carboxylic acids is 1. The van der Waals surface area contributed by atoms with Gasteiger partial charge < -0.3 is 9.64 Å². The third-order valence-electron chi connectivity index (χ3n) is 2.63. The van der Waals surface area contributed by atoms with Crippen LogP contribution in [0, 0.1) is 0 Å². The molecular formula is C12H16BrNO2. The molecule has 88 valence electrons. The van der Waals surface area contributed by atoms with E-state index in [4.69, 9.17) is 4.74 Å². The fourth-order valence-electron chi connectivity index (χ4n) is 1.35. The molecule has 0 saturated carbocycles. The molecule has 0 aliphatic carbocycles. The van der Waals surface area contributed by atoms with Crippen molar-refractivity contribution in [1.82, 2.24) is 0 Å². The summed E-state index contributed by atoms with van der Waals surface area (Å²) in [5.41, 5.74) is 0.858. The average molecular weight is 286 g/mol. The molecule has 0 aromatic heterocycles. The number of hydrogen-bond acceptors (Lipinski definition) is 3. The van der Waals surface area contributed by atoms with E-state index in [2.05, 4.69) is 20.8 Å². The Morgan fingerprint density at radius 3 is 2.44 bits per heavy atom. The molecule has 0 spiro atoms. The first-order valence-electron chi connectivity index (χ1n) is 5.02. The zero-order chi connectivity index (χ0) is 12.2. The van der Waals surface area contributed by atoms with Crippen LogP contribution in [0.3, 0.4) is 0 Å². The Morgan fingerprint density at radius 2 is 1.94 bits per heavy atom. The van der Waals surface area contributed by atoms with Crippen LogP contribution in [0.1, 0.15) is 13.8 Å². The molecule has 16 heavy (non-hydrogen) atoms. The minimum Gasteiger partial charge on any atom is -0.465 e. The summed E-state index contributed by atoms with van der Waals surface area (Å²) < 4.78 is 5.88. The number of anilines is 1. The molecule has 0 saturated heterocycles. The van der Waals surface area contributed by atoms with Crippen LogP contribution in [0.2, 0.25) is 0 Å². The van der Waals surface area contributed by atoms with Crippen molar-refractivity contribution in [2.45, 2.75) is 19.4 Å². The fraction of sp³-hybridized carbons (Fsp3) is 0.417. The molecule has 1 aromatic rings. The first kappa shape index (κ1) is 13.0. The molecule has 0 aliphatic rings. The van der Waals surface area contributed by atoms with Crippen molar-refractivity contribution < 1.29 is 9.53 Å². The molecule has 1 rings (SSSR count). The topological polar surface area (TPSA) is 29.5 Å². The highest BCUT2D eigenvalue weighted by molar-refractivity contribution is 9.10. The smallest absolute Gasteiger partial charge is 0.293 e. The fourth-order valence-corrected chi connectivity index (χ4v) is 1.61. The molecule has 0 N–H and O–H groups in total. The van der Waals surface area contributed by atoms with Crippen molar-refractivity contribution in [2.24, 2.45) is 0 Å². The van der Waals surface area contributed by atoms with E-state index >= 15 is 0 Å². The summed E-state index contributed by atoms with van der Waals surface area (Å²) in [5.74, 6) is 0. The molecule has 3 nitrogen and oxygen atoms in total. The van der Waals surface area contributed by atoms with Gasteiger partial charge in [0.15, 0.2) is 0 Å². The van der Waals surface area contributed by atoms with Crippen molar-refractivity contribution in [3.05, 3.63) is 28.7 Å². The predicted molar refractivity (Wildman–Crippen MR) is 68.6 cm³/mol. The van der Waals surface area contributed by atoms with Crippen molar-refractivity contribution in [2.75, 3.05) is 18.6 Å². The lowest BCUT2D eigenvalue weighted by Gasteiger charge is -2.36. The summed E-state index contributed by atoms with van der Waals surface area (Å²) in [6.45, 7) is 4.90. The molecule has 1 aromatic carbocycles. The average Bonchev–Trinajstić information content (AvgIpc) is 2.26. The number of benzene rings is 1. The van der Waals surface area contributed by atoms with Gasteiger partial charge in [0.1, 0.15) is 6.61 Å². The Balaban J connectivity index is 2.79. The molecule has 4 heteroatoms. The van der Waals surface area contributed by atoms with Crippen LogP contribution < -0.4 is 4.90 Å². The zero-order valence-electron chi connectivity index (χ0n) is 9.74. The highest BCUT2D eigenvalue weighted by atomic mass is 79.9. The molecule has 0 heterocycles. The molecule has 0 fully saturated rings. The van der Waals surface area contributed by atoms with Gasteiger partial charge in [-0.05, 0) is 38.1 Å². The van der Waals surface area contributed by atoms with E-state index in [9.17, 15) is 4.79 Å². The summed E-state index contributed by atoms with van der Waals surface area (Å²) in [7, 11) is 1.98. The molecular weight excluding hydrogens is 270 g/mol. The van der Waals surface area contributed by atoms with Crippen molar-refractivity contribution >= 4 is 28.1 Å². The van der Waals surface area contributed by atoms with Gasteiger partial charge in [-0.2, -0.15) is 0 Å². The van der Waals surface area contributed by atoms with Crippen molar-refractivity contribution in [3.63, 3.8) is 0 Å². The van der Waals surface area contributed by atoms with Crippen LogP contribution in [-0.4, -0.2) is 25.7 Å². The molecule has 0 amide bonds. The summed E-state index contributed by atoms with van der Waals surface area (Å²) >= 11 is 3.40. The first-order valence-corrected chi connectivity index (χ1v) is 5.81. The van der Waals surface area contributed by atoms with Gasteiger partial charge in [-0.25, -0.2) is 0 Å². The SMILES string of the molecule is CN(c1ccc(Br)cc1)C(C)(C)COC=O. The Hall–Kier alpha value is -1.03. The Kier molecular flexibility index (Phi) is 4.35. The number of halogens is 1. The third kappa shape index (κ3) is 3.23. The number of likely N-dealkylation sites (N-methyl/N-ethyl adjacent to an activating group) is 1. The maximum Gasteiger partial charge on any atom is 0.293 e. The molecule has 0 atom stereocenters. The van der Waals surface area contributed by atoms with E-state index in [1.165, 1.54) is 0 Å². The second-order valence-electron chi connectivity index (χ2n) is 4.26. The highest BCUT2D eigenvalue weighted by Crippen LogP contribution is 2.24. The van der Waals surface area contributed by atoms with E-state index in [1.807, 2.05) is 45.2 Å². The lowest BCUT2D eigenvalue weighted by Crippen LogP contribution is -2.45. The van der Waals surface area contributed by atoms with E-state index in [0.29, 0.717) is 13.1 Å². The van der Waals surface area contributed by atoms with Gasteiger partial charge in [0.2, 0.25) is 0 Å². The summed E-state index contributed by atoms with van der Waals surface area (Å²) in [5, 5.41) is 0. The number of ether oxygens (including phenoxy) is 1. The lowest BCUT2D eigenvalue weighted by atomic mass is 10.0. The van der Waals surface area contributed by atoms with Gasteiger partial charge in [-0.15, -0.1) is 0 Å². The van der Waals surface area contributed by atoms with Crippen LogP contribution in [0.5, 0.6) is 0 Å². The number of carbonyl (C=O) groups is 1. The summed E-state index contributed by atoms with van der Waals surface area (Å²) in [4.78, 5) is 12.3. The van der Waals surface area contributed by atoms with Crippen molar-refractivity contribution in [3.8, 4) is 0 Å². The Bertz CT molecular complexity index is 349. The monoisotopic (exact) mass is 285 g/mol. The lowest BCUT2D eigenvalue weighted by molar-refractivity contribution is -0.130. The van der Waals surface area contributed by atoms with E-state index in [-0.39, 0.29) is 5.54 Å². The molecule has 0 bridgehead atoms. The number of rotatable bonds is 5. The van der Waals surface area contributed by atoms with Gasteiger partial charge in [-0.3, -0.25) is 4.79 Å². The number of hydrogen-bond donors (Lipinski definition) is 0. The second kappa shape index (κ2) is 5.34. The third-order valence-corrected chi connectivity index (χ3v) is 3.16. The maximum absolute atomic E-state index is 10.2. The standard InChI is InChI=1S/C12H16BrNO2/c1-12(2,8-16-9-15)14(3)11-6-4-10(13)5-7-11/h4-7,9H,8H2,1-3H3. The van der Waals surface area contributed by atoms with Crippen LogP contribution in [-0.2, 0) is 9.53 Å². The van der Waals surface area contributed by atoms with Gasteiger partial charge in [-0.1, -0.05) is 15.9 Å².